The third kappa shape index (κ3) is 1.84. The quantitative estimate of drug-likeness (QED) is 0.442. The lowest BCUT2D eigenvalue weighted by Crippen LogP contribution is -2.21. The molecule has 0 N–H and O–H groups in total. The molecular formula is C7H10O2S. The van der Waals surface area contributed by atoms with E-state index in [1.165, 1.54) is 0 Å². The van der Waals surface area contributed by atoms with E-state index in [1.54, 1.807) is 11.8 Å². The zero-order valence-corrected chi connectivity index (χ0v) is 6.52. The normalized spacial score (nSPS) is 25.8. The number of carbonyl (C=O) groups excluding carboxylic acids is 2. The Balaban J connectivity index is 2.38. The molecule has 56 valence electrons. The van der Waals surface area contributed by atoms with Crippen LogP contribution >= 0.6 is 11.8 Å². The average molecular weight is 158 g/mol. The number of Topliss-reactive ketones (excluding diaryl/α,β-unsaturated/α-hetero) is 1. The highest BCUT2D eigenvalue weighted by atomic mass is 32.2. The Morgan fingerprint density at radius 2 is 2.40 bits per heavy atom. The molecule has 1 aliphatic rings. The van der Waals surface area contributed by atoms with E-state index >= 15 is 0 Å². The van der Waals surface area contributed by atoms with Crippen LogP contribution in [0.1, 0.15) is 12.8 Å². The van der Waals surface area contributed by atoms with Gasteiger partial charge in [-0.05, 0) is 18.6 Å². The van der Waals surface area contributed by atoms with Gasteiger partial charge in [-0.15, -0.1) is 0 Å². The minimum atomic E-state index is -0.216. The van der Waals surface area contributed by atoms with E-state index in [0.29, 0.717) is 6.29 Å². The topological polar surface area (TPSA) is 34.1 Å². The molecule has 2 nitrogen and oxygen atoms in total. The van der Waals surface area contributed by atoms with E-state index < -0.39 is 0 Å². The first-order chi connectivity index (χ1) is 4.84. The van der Waals surface area contributed by atoms with Crippen molar-refractivity contribution >= 4 is 23.8 Å². The molecule has 3 heteroatoms. The number of hydrogen-bond acceptors (Lipinski definition) is 3. The van der Waals surface area contributed by atoms with Gasteiger partial charge in [-0.2, -0.15) is 11.8 Å². The summed E-state index contributed by atoms with van der Waals surface area (Å²) < 4.78 is 0. The summed E-state index contributed by atoms with van der Waals surface area (Å²) in [5.74, 6) is 1.80. The molecule has 0 aromatic rings. The van der Waals surface area contributed by atoms with Gasteiger partial charge >= 0.3 is 0 Å². The van der Waals surface area contributed by atoms with Crippen LogP contribution < -0.4 is 0 Å². The Morgan fingerprint density at radius 1 is 1.60 bits per heavy atom. The van der Waals surface area contributed by atoms with Crippen molar-refractivity contribution < 1.29 is 9.59 Å². The molecule has 1 saturated heterocycles. The monoisotopic (exact) mass is 158 g/mol. The van der Waals surface area contributed by atoms with Crippen molar-refractivity contribution in [3.63, 3.8) is 0 Å². The van der Waals surface area contributed by atoms with Gasteiger partial charge < -0.3 is 0 Å². The molecule has 0 aliphatic carbocycles. The van der Waals surface area contributed by atoms with Crippen LogP contribution in [0.5, 0.6) is 0 Å². The Kier molecular flexibility index (Phi) is 2.93. The van der Waals surface area contributed by atoms with E-state index in [1.807, 2.05) is 0 Å². The van der Waals surface area contributed by atoms with Crippen molar-refractivity contribution in [3.05, 3.63) is 0 Å². The first-order valence-electron chi connectivity index (χ1n) is 3.41. The van der Waals surface area contributed by atoms with Crippen LogP contribution in [0.3, 0.4) is 0 Å². The highest BCUT2D eigenvalue weighted by molar-refractivity contribution is 7.99. The maximum Gasteiger partial charge on any atom is 0.199 e. The van der Waals surface area contributed by atoms with Gasteiger partial charge in [0.05, 0.1) is 0 Å². The predicted octanol–water partition coefficient (Wildman–Crippen LogP) is 0.898. The zero-order valence-electron chi connectivity index (χ0n) is 5.71. The lowest BCUT2D eigenvalue weighted by molar-refractivity contribution is -0.132. The maximum absolute atomic E-state index is 10.8. The molecule has 1 heterocycles. The van der Waals surface area contributed by atoms with E-state index in [-0.39, 0.29) is 11.7 Å². The minimum absolute atomic E-state index is 0.0243. The SMILES string of the molecule is O=CC(=O)C1CCCSC1. The molecule has 0 radical (unpaired) electrons. The van der Waals surface area contributed by atoms with Crippen LogP contribution in [0.15, 0.2) is 0 Å². The lowest BCUT2D eigenvalue weighted by Gasteiger charge is -2.16. The number of hydrogen-bond donors (Lipinski definition) is 0. The minimum Gasteiger partial charge on any atom is -0.295 e. The first-order valence-corrected chi connectivity index (χ1v) is 4.57. The van der Waals surface area contributed by atoms with Crippen molar-refractivity contribution in [2.75, 3.05) is 11.5 Å². The number of aldehydes is 1. The fourth-order valence-electron chi connectivity index (χ4n) is 1.06. The second-order valence-electron chi connectivity index (χ2n) is 2.43. The van der Waals surface area contributed by atoms with E-state index in [0.717, 1.165) is 24.3 Å². The van der Waals surface area contributed by atoms with Gasteiger partial charge in [-0.3, -0.25) is 9.59 Å². The summed E-state index contributed by atoms with van der Waals surface area (Å²) in [7, 11) is 0. The third-order valence-corrected chi connectivity index (χ3v) is 2.89. The fourth-order valence-corrected chi connectivity index (χ4v) is 2.21. The van der Waals surface area contributed by atoms with Crippen LogP contribution in [0.4, 0.5) is 0 Å². The molecule has 10 heavy (non-hydrogen) atoms. The van der Waals surface area contributed by atoms with Gasteiger partial charge in [0, 0.05) is 11.7 Å². The van der Waals surface area contributed by atoms with Crippen LogP contribution in [0.2, 0.25) is 0 Å². The summed E-state index contributed by atoms with van der Waals surface area (Å²) in [5, 5.41) is 0. The van der Waals surface area contributed by atoms with Crippen LogP contribution in [-0.4, -0.2) is 23.6 Å². The van der Waals surface area contributed by atoms with Crippen LogP contribution in [0, 0.1) is 5.92 Å². The number of rotatable bonds is 2. The highest BCUT2D eigenvalue weighted by Gasteiger charge is 2.20. The zero-order chi connectivity index (χ0) is 7.40. The van der Waals surface area contributed by atoms with Gasteiger partial charge in [0.15, 0.2) is 12.1 Å². The molecule has 1 atom stereocenters. The van der Waals surface area contributed by atoms with Crippen molar-refractivity contribution in [2.24, 2.45) is 5.92 Å². The van der Waals surface area contributed by atoms with Crippen molar-refractivity contribution in [1.29, 1.82) is 0 Å². The van der Waals surface area contributed by atoms with E-state index in [2.05, 4.69) is 0 Å². The largest absolute Gasteiger partial charge is 0.295 e. The van der Waals surface area contributed by atoms with Crippen LogP contribution in [0.25, 0.3) is 0 Å². The molecule has 1 aliphatic heterocycles. The molecule has 1 unspecified atom stereocenters. The second-order valence-corrected chi connectivity index (χ2v) is 3.58. The molecule has 0 aromatic carbocycles. The summed E-state index contributed by atoms with van der Waals surface area (Å²) >= 11 is 1.77. The summed E-state index contributed by atoms with van der Waals surface area (Å²) in [6.07, 6.45) is 2.44. The highest BCUT2D eigenvalue weighted by Crippen LogP contribution is 2.22. The molecule has 0 saturated carbocycles. The van der Waals surface area contributed by atoms with Crippen LogP contribution in [-0.2, 0) is 9.59 Å². The smallest absolute Gasteiger partial charge is 0.199 e. The summed E-state index contributed by atoms with van der Waals surface area (Å²) in [6.45, 7) is 0. The Labute approximate surface area is 64.4 Å². The predicted molar refractivity (Wildman–Crippen MR) is 41.1 cm³/mol. The standard InChI is InChI=1S/C7H10O2S/c8-4-7(9)6-2-1-3-10-5-6/h4,6H,1-3,5H2. The Morgan fingerprint density at radius 3 is 2.90 bits per heavy atom. The number of ketones is 1. The summed E-state index contributed by atoms with van der Waals surface area (Å²) in [5.41, 5.74) is 0. The molecule has 1 rings (SSSR count). The fraction of sp³-hybridized carbons (Fsp3) is 0.714. The van der Waals surface area contributed by atoms with Gasteiger partial charge in [0.25, 0.3) is 0 Å². The molecule has 0 aromatic heterocycles. The molecule has 1 fully saturated rings. The van der Waals surface area contributed by atoms with Gasteiger partial charge in [-0.25, -0.2) is 0 Å². The van der Waals surface area contributed by atoms with Gasteiger partial charge in [-0.1, -0.05) is 0 Å². The average Bonchev–Trinajstić information content (AvgIpc) is 2.05. The Hall–Kier alpha value is -0.310. The van der Waals surface area contributed by atoms with E-state index in [9.17, 15) is 9.59 Å². The molecular weight excluding hydrogens is 148 g/mol. The second kappa shape index (κ2) is 3.76. The molecule has 0 amide bonds. The molecule has 0 spiro atoms. The van der Waals surface area contributed by atoms with Gasteiger partial charge in [0.1, 0.15) is 0 Å². The molecule has 0 bridgehead atoms. The van der Waals surface area contributed by atoms with Crippen molar-refractivity contribution in [3.8, 4) is 0 Å². The maximum atomic E-state index is 10.8. The van der Waals surface area contributed by atoms with E-state index in [4.69, 9.17) is 0 Å². The van der Waals surface area contributed by atoms with Gasteiger partial charge in [0.2, 0.25) is 0 Å². The first kappa shape index (κ1) is 7.79. The van der Waals surface area contributed by atoms with Crippen molar-refractivity contribution in [2.45, 2.75) is 12.8 Å². The lowest BCUT2D eigenvalue weighted by atomic mass is 10.0. The summed E-state index contributed by atoms with van der Waals surface area (Å²) in [6, 6.07) is 0. The summed E-state index contributed by atoms with van der Waals surface area (Å²) in [4.78, 5) is 20.8. The number of carbonyl (C=O) groups is 2. The van der Waals surface area contributed by atoms with Crippen molar-refractivity contribution in [1.82, 2.24) is 0 Å². The third-order valence-electron chi connectivity index (χ3n) is 1.68. The Bertz CT molecular complexity index is 139. The number of thioether (sulfide) groups is 1.